The van der Waals surface area contributed by atoms with Gasteiger partial charge in [-0.05, 0) is 32.9 Å². The van der Waals surface area contributed by atoms with Crippen LogP contribution in [0, 0.1) is 5.82 Å². The van der Waals surface area contributed by atoms with Crippen molar-refractivity contribution >= 4 is 5.78 Å². The van der Waals surface area contributed by atoms with E-state index in [4.69, 9.17) is 4.74 Å². The molecule has 0 unspecified atom stereocenters. The number of ether oxygens (including phenoxy) is 1. The molecule has 0 saturated carbocycles. The lowest BCUT2D eigenvalue weighted by Gasteiger charge is -2.20. The summed E-state index contributed by atoms with van der Waals surface area (Å²) in [6.07, 6.45) is 0.265. The van der Waals surface area contributed by atoms with Crippen molar-refractivity contribution < 1.29 is 13.9 Å². The molecule has 1 aromatic carbocycles. The van der Waals surface area contributed by atoms with Crippen LogP contribution in [0.3, 0.4) is 0 Å². The first kappa shape index (κ1) is 14.6. The molecule has 3 nitrogen and oxygen atoms in total. The van der Waals surface area contributed by atoms with E-state index in [0.717, 1.165) is 0 Å². The molecule has 0 heterocycles. The number of ketones is 1. The Balaban J connectivity index is 2.68. The van der Waals surface area contributed by atoms with Crippen LogP contribution in [0.5, 0.6) is 5.75 Å². The quantitative estimate of drug-likeness (QED) is 0.820. The third-order valence-corrected chi connectivity index (χ3v) is 2.49. The van der Waals surface area contributed by atoms with Crippen LogP contribution in [0.15, 0.2) is 18.2 Å². The summed E-state index contributed by atoms with van der Waals surface area (Å²) in [5.41, 5.74) is 0.0396. The Hall–Kier alpha value is -1.42. The number of hydrogen-bond donors (Lipinski definition) is 1. The predicted molar refractivity (Wildman–Crippen MR) is 69.7 cm³/mol. The molecule has 0 bridgehead atoms. The number of nitrogens with one attached hydrogen (secondary N) is 1. The molecular formula is C14H20FNO2. The molecule has 18 heavy (non-hydrogen) atoms. The first-order valence-electron chi connectivity index (χ1n) is 5.96. The van der Waals surface area contributed by atoms with Gasteiger partial charge in [0.05, 0.1) is 12.7 Å². The van der Waals surface area contributed by atoms with Crippen LogP contribution in [0.2, 0.25) is 0 Å². The van der Waals surface area contributed by atoms with E-state index >= 15 is 0 Å². The van der Waals surface area contributed by atoms with Crippen LogP contribution in [0.25, 0.3) is 0 Å². The SMILES string of the molecule is COc1cccc(C(=O)CCNC(C)(C)C)c1F. The Morgan fingerprint density at radius 1 is 1.39 bits per heavy atom. The van der Waals surface area contributed by atoms with Gasteiger partial charge in [0, 0.05) is 18.5 Å². The highest BCUT2D eigenvalue weighted by atomic mass is 19.1. The number of rotatable bonds is 5. The Morgan fingerprint density at radius 3 is 2.61 bits per heavy atom. The van der Waals surface area contributed by atoms with Gasteiger partial charge in [0.2, 0.25) is 0 Å². The Morgan fingerprint density at radius 2 is 2.06 bits per heavy atom. The zero-order chi connectivity index (χ0) is 13.8. The minimum absolute atomic E-state index is 0.0484. The lowest BCUT2D eigenvalue weighted by atomic mass is 10.1. The van der Waals surface area contributed by atoms with Crippen LogP contribution in [-0.2, 0) is 0 Å². The highest BCUT2D eigenvalue weighted by Crippen LogP contribution is 2.20. The van der Waals surface area contributed by atoms with E-state index < -0.39 is 5.82 Å². The molecule has 0 amide bonds. The van der Waals surface area contributed by atoms with Crippen molar-refractivity contribution in [2.45, 2.75) is 32.7 Å². The molecular weight excluding hydrogens is 233 g/mol. The Labute approximate surface area is 107 Å². The van der Waals surface area contributed by atoms with Crippen LogP contribution < -0.4 is 10.1 Å². The fourth-order valence-corrected chi connectivity index (χ4v) is 1.57. The minimum Gasteiger partial charge on any atom is -0.494 e. The summed E-state index contributed by atoms with van der Waals surface area (Å²) in [5, 5.41) is 3.20. The van der Waals surface area contributed by atoms with Gasteiger partial charge < -0.3 is 10.1 Å². The third-order valence-electron chi connectivity index (χ3n) is 2.49. The lowest BCUT2D eigenvalue weighted by molar-refractivity contribution is 0.0976. The lowest BCUT2D eigenvalue weighted by Crippen LogP contribution is -2.37. The van der Waals surface area contributed by atoms with E-state index in [-0.39, 0.29) is 29.1 Å². The molecule has 0 aliphatic heterocycles. The average molecular weight is 253 g/mol. The van der Waals surface area contributed by atoms with Crippen LogP contribution >= 0.6 is 0 Å². The van der Waals surface area contributed by atoms with Crippen LogP contribution in [0.1, 0.15) is 37.6 Å². The molecule has 0 fully saturated rings. The fraction of sp³-hybridized carbons (Fsp3) is 0.500. The maximum Gasteiger partial charge on any atom is 0.175 e. The molecule has 100 valence electrons. The minimum atomic E-state index is -0.583. The second-order valence-electron chi connectivity index (χ2n) is 5.17. The van der Waals surface area contributed by atoms with Gasteiger partial charge in [-0.25, -0.2) is 4.39 Å². The smallest absolute Gasteiger partial charge is 0.175 e. The van der Waals surface area contributed by atoms with Crippen LogP contribution in [0.4, 0.5) is 4.39 Å². The molecule has 1 aromatic rings. The number of benzene rings is 1. The van der Waals surface area contributed by atoms with E-state index in [2.05, 4.69) is 5.32 Å². The molecule has 0 aliphatic carbocycles. The number of methoxy groups -OCH3 is 1. The van der Waals surface area contributed by atoms with Crippen molar-refractivity contribution in [1.29, 1.82) is 0 Å². The van der Waals surface area contributed by atoms with Crippen molar-refractivity contribution in [1.82, 2.24) is 5.32 Å². The van der Waals surface area contributed by atoms with Crippen molar-refractivity contribution in [3.63, 3.8) is 0 Å². The highest BCUT2D eigenvalue weighted by Gasteiger charge is 2.16. The highest BCUT2D eigenvalue weighted by molar-refractivity contribution is 5.96. The molecule has 0 saturated heterocycles. The van der Waals surface area contributed by atoms with Gasteiger partial charge in [0.1, 0.15) is 0 Å². The van der Waals surface area contributed by atoms with Crippen molar-refractivity contribution in [3.8, 4) is 5.75 Å². The van der Waals surface area contributed by atoms with Gasteiger partial charge in [-0.15, -0.1) is 0 Å². The summed E-state index contributed by atoms with van der Waals surface area (Å²) in [5.74, 6) is -0.700. The van der Waals surface area contributed by atoms with Crippen molar-refractivity contribution in [3.05, 3.63) is 29.6 Å². The maximum absolute atomic E-state index is 13.8. The average Bonchev–Trinajstić information content (AvgIpc) is 2.27. The molecule has 1 N–H and O–H groups in total. The zero-order valence-corrected chi connectivity index (χ0v) is 11.3. The monoisotopic (exact) mass is 253 g/mol. The number of carbonyl (C=O) groups excluding carboxylic acids is 1. The molecule has 4 heteroatoms. The van der Waals surface area contributed by atoms with E-state index in [1.807, 2.05) is 20.8 Å². The first-order chi connectivity index (χ1) is 8.35. The van der Waals surface area contributed by atoms with E-state index in [0.29, 0.717) is 6.54 Å². The Kier molecular flexibility index (Phi) is 4.84. The van der Waals surface area contributed by atoms with Gasteiger partial charge in [0.25, 0.3) is 0 Å². The van der Waals surface area contributed by atoms with Gasteiger partial charge in [-0.3, -0.25) is 4.79 Å². The van der Waals surface area contributed by atoms with Crippen molar-refractivity contribution in [2.24, 2.45) is 0 Å². The number of hydrogen-bond acceptors (Lipinski definition) is 3. The summed E-state index contributed by atoms with van der Waals surface area (Å²) in [6, 6.07) is 4.60. The normalized spacial score (nSPS) is 11.4. The predicted octanol–water partition coefficient (Wildman–Crippen LogP) is 2.80. The maximum atomic E-state index is 13.8. The van der Waals surface area contributed by atoms with Gasteiger partial charge in [0.15, 0.2) is 17.3 Å². The van der Waals surface area contributed by atoms with Crippen molar-refractivity contribution in [2.75, 3.05) is 13.7 Å². The van der Waals surface area contributed by atoms with E-state index in [1.165, 1.54) is 19.2 Å². The molecule has 0 aromatic heterocycles. The first-order valence-corrected chi connectivity index (χ1v) is 5.96. The summed E-state index contributed by atoms with van der Waals surface area (Å²) in [6.45, 7) is 6.58. The molecule has 0 atom stereocenters. The number of carbonyl (C=O) groups is 1. The fourth-order valence-electron chi connectivity index (χ4n) is 1.57. The summed E-state index contributed by atoms with van der Waals surface area (Å²) in [7, 11) is 1.38. The van der Waals surface area contributed by atoms with Crippen LogP contribution in [-0.4, -0.2) is 25.0 Å². The van der Waals surface area contributed by atoms with Gasteiger partial charge in [-0.2, -0.15) is 0 Å². The molecule has 0 aliphatic rings. The standard InChI is InChI=1S/C14H20FNO2/c1-14(2,3)16-9-8-11(17)10-6-5-7-12(18-4)13(10)15/h5-7,16H,8-9H2,1-4H3. The molecule has 0 spiro atoms. The zero-order valence-electron chi connectivity index (χ0n) is 11.3. The second-order valence-corrected chi connectivity index (χ2v) is 5.17. The second kappa shape index (κ2) is 5.96. The topological polar surface area (TPSA) is 38.3 Å². The summed E-state index contributed by atoms with van der Waals surface area (Å²) < 4.78 is 18.7. The number of halogens is 1. The summed E-state index contributed by atoms with van der Waals surface area (Å²) in [4.78, 5) is 11.9. The largest absolute Gasteiger partial charge is 0.494 e. The number of Topliss-reactive ketones (excluding diaryl/α,β-unsaturated/α-hetero) is 1. The Bertz CT molecular complexity index is 424. The molecule has 1 rings (SSSR count). The van der Waals surface area contributed by atoms with Gasteiger partial charge in [-0.1, -0.05) is 6.07 Å². The van der Waals surface area contributed by atoms with Gasteiger partial charge >= 0.3 is 0 Å². The van der Waals surface area contributed by atoms with E-state index in [1.54, 1.807) is 6.07 Å². The molecule has 0 radical (unpaired) electrons. The third kappa shape index (κ3) is 4.11. The summed E-state index contributed by atoms with van der Waals surface area (Å²) >= 11 is 0. The van der Waals surface area contributed by atoms with E-state index in [9.17, 15) is 9.18 Å².